The van der Waals surface area contributed by atoms with E-state index < -0.39 is 35.5 Å². The maximum absolute atomic E-state index is 13.9. The molecule has 3 atom stereocenters. The highest BCUT2D eigenvalue weighted by Gasteiger charge is 2.57. The van der Waals surface area contributed by atoms with Gasteiger partial charge in [-0.3, -0.25) is 19.4 Å². The summed E-state index contributed by atoms with van der Waals surface area (Å²) in [5, 5.41) is 9.60. The van der Waals surface area contributed by atoms with Crippen molar-refractivity contribution in [1.82, 2.24) is 19.6 Å². The Balaban J connectivity index is 1.40. The molecule has 3 aromatic rings. The van der Waals surface area contributed by atoms with Gasteiger partial charge in [0.05, 0.1) is 5.54 Å². The van der Waals surface area contributed by atoms with Gasteiger partial charge in [0, 0.05) is 26.7 Å². The molecule has 0 radical (unpaired) electrons. The monoisotopic (exact) mass is 568 g/mol. The average molecular weight is 569 g/mol. The minimum Gasteiger partial charge on any atom is -0.480 e. The van der Waals surface area contributed by atoms with Crippen LogP contribution in [0.1, 0.15) is 30.5 Å². The fourth-order valence-corrected chi connectivity index (χ4v) is 6.25. The van der Waals surface area contributed by atoms with Gasteiger partial charge in [0.25, 0.3) is 0 Å². The summed E-state index contributed by atoms with van der Waals surface area (Å²) in [6, 6.07) is 28.1. The number of urea groups is 1. The molecule has 0 aliphatic carbocycles. The van der Waals surface area contributed by atoms with Crippen molar-refractivity contribution in [2.45, 2.75) is 31.5 Å². The number of rotatable bonds is 8. The van der Waals surface area contributed by atoms with Gasteiger partial charge in [-0.2, -0.15) is 0 Å². The summed E-state index contributed by atoms with van der Waals surface area (Å²) in [4.78, 5) is 57.9. The number of carboxylic acid groups (broad SMARTS) is 1. The quantitative estimate of drug-likeness (QED) is 0.254. The van der Waals surface area contributed by atoms with Crippen LogP contribution >= 0.6 is 0 Å². The molecule has 2 aliphatic rings. The Morgan fingerprint density at radius 2 is 1.31 bits per heavy atom. The molecule has 2 heterocycles. The summed E-state index contributed by atoms with van der Waals surface area (Å²) >= 11 is 0. The van der Waals surface area contributed by atoms with E-state index in [-0.39, 0.29) is 31.5 Å². The Labute approximate surface area is 245 Å². The Bertz CT molecular complexity index is 1350. The fourth-order valence-electron chi connectivity index (χ4n) is 6.25. The van der Waals surface area contributed by atoms with Crippen molar-refractivity contribution in [2.24, 2.45) is 5.92 Å². The number of carbonyl (C=O) groups excluding carboxylic acids is 3. The topological polar surface area (TPSA) is 101 Å². The molecule has 5 rings (SSSR count). The predicted octanol–water partition coefficient (Wildman–Crippen LogP) is 3.49. The summed E-state index contributed by atoms with van der Waals surface area (Å²) in [5.74, 6) is -2.18. The second-order valence-electron chi connectivity index (χ2n) is 11.2. The van der Waals surface area contributed by atoms with E-state index in [9.17, 15) is 24.3 Å². The first-order chi connectivity index (χ1) is 20.2. The van der Waals surface area contributed by atoms with Crippen LogP contribution in [0.4, 0.5) is 4.79 Å². The fraction of sp³-hybridized carbons (Fsp3) is 0.333. The number of hydrogen-bond acceptors (Lipinski definition) is 5. The number of imide groups is 1. The Hall–Kier alpha value is -4.50. The molecule has 0 aromatic heterocycles. The van der Waals surface area contributed by atoms with Gasteiger partial charge in [0.1, 0.15) is 18.6 Å². The van der Waals surface area contributed by atoms with E-state index in [4.69, 9.17) is 0 Å². The number of piperazine rings is 1. The highest BCUT2D eigenvalue weighted by Crippen LogP contribution is 2.48. The highest BCUT2D eigenvalue weighted by molar-refractivity contribution is 6.01. The molecule has 0 bridgehead atoms. The Kier molecular flexibility index (Phi) is 8.13. The van der Waals surface area contributed by atoms with Crippen molar-refractivity contribution in [3.8, 4) is 0 Å². The summed E-state index contributed by atoms with van der Waals surface area (Å²) in [7, 11) is 1.43. The van der Waals surface area contributed by atoms with Crippen LogP contribution in [-0.4, -0.2) is 93.8 Å². The van der Waals surface area contributed by atoms with E-state index >= 15 is 0 Å². The Morgan fingerprint density at radius 1 is 0.833 bits per heavy atom. The maximum atomic E-state index is 13.9. The minimum absolute atomic E-state index is 0.0516. The number of aliphatic carboxylic acids is 1. The van der Waals surface area contributed by atoms with Crippen LogP contribution in [0.5, 0.6) is 0 Å². The second-order valence-corrected chi connectivity index (χ2v) is 11.2. The van der Waals surface area contributed by atoms with Gasteiger partial charge in [-0.15, -0.1) is 0 Å². The van der Waals surface area contributed by atoms with Crippen LogP contribution in [0.3, 0.4) is 0 Å². The Morgan fingerprint density at radius 3 is 1.71 bits per heavy atom. The number of likely N-dealkylation sites (N-methyl/N-ethyl adjacent to an activating group) is 1. The standard InChI is InChI=1S/C33H36N4O5/c1-23(2)29(31(40)41)34(3)32(42)35-19-20-36(28(38)22-35)30(39)27-21-37(27)33(24-13-7-4-8-14-24,25-15-9-5-10-16-25)26-17-11-6-12-18-26/h4-18,23,27,29H,19-22H2,1-3H3,(H,40,41). The van der Waals surface area contributed by atoms with Crippen LogP contribution in [-0.2, 0) is 19.9 Å². The lowest BCUT2D eigenvalue weighted by atomic mass is 9.76. The van der Waals surface area contributed by atoms with Crippen LogP contribution in [0.15, 0.2) is 91.0 Å². The van der Waals surface area contributed by atoms with E-state index in [1.54, 1.807) is 13.8 Å². The van der Waals surface area contributed by atoms with E-state index in [0.717, 1.165) is 21.6 Å². The van der Waals surface area contributed by atoms with Crippen molar-refractivity contribution in [3.05, 3.63) is 108 Å². The van der Waals surface area contributed by atoms with Crippen LogP contribution < -0.4 is 0 Å². The van der Waals surface area contributed by atoms with Crippen molar-refractivity contribution in [1.29, 1.82) is 0 Å². The van der Waals surface area contributed by atoms with Crippen LogP contribution in [0.25, 0.3) is 0 Å². The molecule has 3 unspecified atom stereocenters. The number of hydrogen-bond donors (Lipinski definition) is 1. The molecule has 2 aliphatic heterocycles. The summed E-state index contributed by atoms with van der Waals surface area (Å²) < 4.78 is 0. The lowest BCUT2D eigenvalue weighted by molar-refractivity contribution is -0.148. The van der Waals surface area contributed by atoms with E-state index in [0.29, 0.717) is 6.54 Å². The zero-order chi connectivity index (χ0) is 30.0. The average Bonchev–Trinajstić information content (AvgIpc) is 3.79. The molecule has 0 saturated carbocycles. The van der Waals surface area contributed by atoms with Gasteiger partial charge >= 0.3 is 12.0 Å². The molecule has 4 amide bonds. The molecule has 2 saturated heterocycles. The third-order valence-electron chi connectivity index (χ3n) is 8.26. The SMILES string of the molecule is CC(C)C(C(=O)O)N(C)C(=O)N1CCN(C(=O)C2CN2C(c2ccccc2)(c2ccccc2)c2ccccc2)C(=O)C1. The zero-order valence-corrected chi connectivity index (χ0v) is 24.1. The molecule has 0 spiro atoms. The first kappa shape index (κ1) is 29.0. The maximum Gasteiger partial charge on any atom is 0.326 e. The summed E-state index contributed by atoms with van der Waals surface area (Å²) in [6.07, 6.45) is 0. The van der Waals surface area contributed by atoms with E-state index in [1.165, 1.54) is 16.8 Å². The number of amides is 4. The highest BCUT2D eigenvalue weighted by atomic mass is 16.4. The van der Waals surface area contributed by atoms with Crippen molar-refractivity contribution < 1.29 is 24.3 Å². The van der Waals surface area contributed by atoms with E-state index in [2.05, 4.69) is 41.3 Å². The summed E-state index contributed by atoms with van der Waals surface area (Å²) in [5.41, 5.74) is 2.29. The first-order valence-corrected chi connectivity index (χ1v) is 14.2. The molecular weight excluding hydrogens is 532 g/mol. The molecule has 1 N–H and O–H groups in total. The first-order valence-electron chi connectivity index (χ1n) is 14.2. The zero-order valence-electron chi connectivity index (χ0n) is 24.1. The van der Waals surface area contributed by atoms with Gasteiger partial charge in [-0.25, -0.2) is 9.59 Å². The number of nitrogens with zero attached hydrogens (tertiary/aromatic N) is 4. The molecule has 218 valence electrons. The van der Waals surface area contributed by atoms with Gasteiger partial charge < -0.3 is 14.9 Å². The summed E-state index contributed by atoms with van der Waals surface area (Å²) in [6.45, 7) is 3.82. The normalized spacial score (nSPS) is 19.4. The molecule has 2 fully saturated rings. The molecule has 42 heavy (non-hydrogen) atoms. The van der Waals surface area contributed by atoms with Crippen molar-refractivity contribution in [2.75, 3.05) is 33.2 Å². The van der Waals surface area contributed by atoms with Crippen LogP contribution in [0, 0.1) is 5.92 Å². The third kappa shape index (κ3) is 5.16. The number of carboxylic acids is 1. The lowest BCUT2D eigenvalue weighted by Gasteiger charge is -2.39. The van der Waals surface area contributed by atoms with Gasteiger partial charge in [-0.05, 0) is 22.6 Å². The largest absolute Gasteiger partial charge is 0.480 e. The minimum atomic E-state index is -1.10. The van der Waals surface area contributed by atoms with Crippen molar-refractivity contribution in [3.63, 3.8) is 0 Å². The molecule has 9 nitrogen and oxygen atoms in total. The predicted molar refractivity (Wildman–Crippen MR) is 157 cm³/mol. The smallest absolute Gasteiger partial charge is 0.326 e. The third-order valence-corrected chi connectivity index (χ3v) is 8.26. The van der Waals surface area contributed by atoms with Gasteiger partial charge in [0.2, 0.25) is 11.8 Å². The van der Waals surface area contributed by atoms with Gasteiger partial charge in [0.15, 0.2) is 0 Å². The van der Waals surface area contributed by atoms with Crippen molar-refractivity contribution >= 4 is 23.8 Å². The second kappa shape index (κ2) is 11.8. The molecule has 3 aromatic carbocycles. The number of carbonyl (C=O) groups is 4. The molecular formula is C33H36N4O5. The number of benzene rings is 3. The lowest BCUT2D eigenvalue weighted by Crippen LogP contribution is -2.59. The van der Waals surface area contributed by atoms with Crippen LogP contribution in [0.2, 0.25) is 0 Å². The molecule has 9 heteroatoms. The van der Waals surface area contributed by atoms with Gasteiger partial charge in [-0.1, -0.05) is 105 Å². The van der Waals surface area contributed by atoms with E-state index in [1.807, 2.05) is 54.6 Å².